The van der Waals surface area contributed by atoms with Gasteiger partial charge in [0.2, 0.25) is 0 Å². The molecule has 94 valence electrons. The Labute approximate surface area is 118 Å². The summed E-state index contributed by atoms with van der Waals surface area (Å²) in [6, 6.07) is 8.18. The molecular weight excluding hydrogens is 325 g/mol. The predicted molar refractivity (Wildman–Crippen MR) is 80.3 cm³/mol. The van der Waals surface area contributed by atoms with Crippen molar-refractivity contribution in [2.24, 2.45) is 0 Å². The third-order valence-corrected chi connectivity index (χ3v) is 3.64. The molecular formula is C14H20INO. The van der Waals surface area contributed by atoms with Crippen molar-refractivity contribution in [1.82, 2.24) is 4.90 Å². The van der Waals surface area contributed by atoms with Gasteiger partial charge in [-0.2, -0.15) is 0 Å². The Morgan fingerprint density at radius 3 is 2.29 bits per heavy atom. The molecule has 0 bridgehead atoms. The van der Waals surface area contributed by atoms with Gasteiger partial charge >= 0.3 is 0 Å². The van der Waals surface area contributed by atoms with E-state index in [-0.39, 0.29) is 0 Å². The molecule has 0 saturated carbocycles. The molecule has 0 atom stereocenters. The number of halogens is 1. The highest BCUT2D eigenvalue weighted by atomic mass is 127. The van der Waals surface area contributed by atoms with E-state index in [9.17, 15) is 4.79 Å². The third-order valence-electron chi connectivity index (χ3n) is 2.92. The number of Topliss-reactive ketones (excluding diaryl/α,β-unsaturated/α-hetero) is 1. The molecule has 0 aliphatic carbocycles. The van der Waals surface area contributed by atoms with E-state index in [4.69, 9.17) is 0 Å². The quantitative estimate of drug-likeness (QED) is 0.708. The molecule has 1 aromatic rings. The van der Waals surface area contributed by atoms with Crippen molar-refractivity contribution >= 4 is 28.4 Å². The minimum atomic E-state index is 0.332. The van der Waals surface area contributed by atoms with Crippen LogP contribution in [-0.2, 0) is 11.2 Å². The van der Waals surface area contributed by atoms with Gasteiger partial charge in [0, 0.05) is 23.0 Å². The predicted octanol–water partition coefficient (Wildman–Crippen LogP) is 3.13. The minimum absolute atomic E-state index is 0.332. The lowest BCUT2D eigenvalue weighted by Crippen LogP contribution is -2.26. The molecule has 0 N–H and O–H groups in total. The number of ketones is 1. The molecule has 0 amide bonds. The Balaban J connectivity index is 2.37. The first kappa shape index (κ1) is 14.6. The van der Waals surface area contributed by atoms with Crippen LogP contribution in [0.2, 0.25) is 0 Å². The molecule has 2 nitrogen and oxygen atoms in total. The zero-order chi connectivity index (χ0) is 12.7. The van der Waals surface area contributed by atoms with Gasteiger partial charge in [-0.15, -0.1) is 0 Å². The summed E-state index contributed by atoms with van der Waals surface area (Å²) in [7, 11) is 0. The number of benzene rings is 1. The van der Waals surface area contributed by atoms with E-state index in [1.165, 1.54) is 3.57 Å². The summed E-state index contributed by atoms with van der Waals surface area (Å²) in [5.74, 6) is 0.332. The van der Waals surface area contributed by atoms with E-state index in [0.29, 0.717) is 18.6 Å². The van der Waals surface area contributed by atoms with Crippen LogP contribution in [0.5, 0.6) is 0 Å². The summed E-state index contributed by atoms with van der Waals surface area (Å²) in [6.07, 6.45) is 1.23. The lowest BCUT2D eigenvalue weighted by atomic mass is 10.1. The van der Waals surface area contributed by atoms with E-state index in [1.807, 2.05) is 24.3 Å². The molecule has 0 spiro atoms. The standard InChI is InChI=1S/C14H20INO/c1-3-16(4-2)10-9-14(17)11-12-5-7-13(15)8-6-12/h5-8H,3-4,9-11H2,1-2H3. The van der Waals surface area contributed by atoms with Gasteiger partial charge in [0.25, 0.3) is 0 Å². The van der Waals surface area contributed by atoms with Crippen molar-refractivity contribution in [2.45, 2.75) is 26.7 Å². The first-order valence-corrected chi connectivity index (χ1v) is 7.22. The molecule has 0 radical (unpaired) electrons. The third kappa shape index (κ3) is 5.64. The van der Waals surface area contributed by atoms with Crippen molar-refractivity contribution in [3.8, 4) is 0 Å². The van der Waals surface area contributed by atoms with Crippen molar-refractivity contribution in [3.63, 3.8) is 0 Å². The van der Waals surface area contributed by atoms with E-state index >= 15 is 0 Å². The van der Waals surface area contributed by atoms with Crippen molar-refractivity contribution < 1.29 is 4.79 Å². The molecule has 3 heteroatoms. The fourth-order valence-corrected chi connectivity index (χ4v) is 2.10. The molecule has 0 fully saturated rings. The molecule has 1 rings (SSSR count). The number of hydrogen-bond donors (Lipinski definition) is 0. The summed E-state index contributed by atoms with van der Waals surface area (Å²) in [6.45, 7) is 7.19. The van der Waals surface area contributed by atoms with Gasteiger partial charge in [0.15, 0.2) is 0 Å². The topological polar surface area (TPSA) is 20.3 Å². The smallest absolute Gasteiger partial charge is 0.138 e. The van der Waals surface area contributed by atoms with Crippen molar-refractivity contribution in [2.75, 3.05) is 19.6 Å². The highest BCUT2D eigenvalue weighted by Crippen LogP contribution is 2.08. The highest BCUT2D eigenvalue weighted by Gasteiger charge is 2.06. The molecule has 0 saturated heterocycles. The number of rotatable bonds is 7. The Bertz CT molecular complexity index is 344. The summed E-state index contributed by atoms with van der Waals surface area (Å²) in [4.78, 5) is 14.1. The Hall–Kier alpha value is -0.420. The first-order valence-electron chi connectivity index (χ1n) is 6.14. The first-order chi connectivity index (χ1) is 8.15. The highest BCUT2D eigenvalue weighted by molar-refractivity contribution is 14.1. The number of carbonyl (C=O) groups excluding carboxylic acids is 1. The van der Waals surface area contributed by atoms with E-state index in [1.54, 1.807) is 0 Å². The molecule has 0 unspecified atom stereocenters. The average Bonchev–Trinajstić information content (AvgIpc) is 2.33. The number of nitrogens with zero attached hydrogens (tertiary/aromatic N) is 1. The van der Waals surface area contributed by atoms with Gasteiger partial charge in [0.05, 0.1) is 0 Å². The van der Waals surface area contributed by atoms with Crippen LogP contribution in [0.3, 0.4) is 0 Å². The average molecular weight is 345 g/mol. The molecule has 0 aromatic heterocycles. The normalized spacial score (nSPS) is 10.8. The zero-order valence-electron chi connectivity index (χ0n) is 10.6. The molecule has 0 aliphatic rings. The van der Waals surface area contributed by atoms with E-state index in [2.05, 4.69) is 41.3 Å². The summed E-state index contributed by atoms with van der Waals surface area (Å²) < 4.78 is 1.21. The Kier molecular flexibility index (Phi) is 6.73. The van der Waals surface area contributed by atoms with Crippen LogP contribution in [0.15, 0.2) is 24.3 Å². The fraction of sp³-hybridized carbons (Fsp3) is 0.500. The zero-order valence-corrected chi connectivity index (χ0v) is 12.7. The van der Waals surface area contributed by atoms with Gasteiger partial charge in [-0.3, -0.25) is 4.79 Å². The van der Waals surface area contributed by atoms with E-state index in [0.717, 1.165) is 25.2 Å². The van der Waals surface area contributed by atoms with Crippen LogP contribution in [-0.4, -0.2) is 30.3 Å². The Morgan fingerprint density at radius 2 is 1.76 bits per heavy atom. The molecule has 0 aliphatic heterocycles. The largest absolute Gasteiger partial charge is 0.303 e. The number of carbonyl (C=O) groups is 1. The lowest BCUT2D eigenvalue weighted by molar-refractivity contribution is -0.118. The van der Waals surface area contributed by atoms with Crippen LogP contribution in [0.1, 0.15) is 25.8 Å². The minimum Gasteiger partial charge on any atom is -0.303 e. The second-order valence-electron chi connectivity index (χ2n) is 4.12. The molecule has 1 aromatic carbocycles. The van der Waals surface area contributed by atoms with Gasteiger partial charge in [-0.1, -0.05) is 26.0 Å². The lowest BCUT2D eigenvalue weighted by Gasteiger charge is -2.17. The second-order valence-corrected chi connectivity index (χ2v) is 5.36. The van der Waals surface area contributed by atoms with Crippen molar-refractivity contribution in [3.05, 3.63) is 33.4 Å². The maximum Gasteiger partial charge on any atom is 0.138 e. The van der Waals surface area contributed by atoms with Crippen LogP contribution in [0.4, 0.5) is 0 Å². The van der Waals surface area contributed by atoms with Crippen molar-refractivity contribution in [1.29, 1.82) is 0 Å². The summed E-state index contributed by atoms with van der Waals surface area (Å²) in [5, 5.41) is 0. The maximum atomic E-state index is 11.8. The fourth-order valence-electron chi connectivity index (χ4n) is 1.74. The van der Waals surface area contributed by atoms with Crippen LogP contribution in [0, 0.1) is 3.57 Å². The summed E-state index contributed by atoms with van der Waals surface area (Å²) >= 11 is 2.27. The van der Waals surface area contributed by atoms with Crippen LogP contribution >= 0.6 is 22.6 Å². The Morgan fingerprint density at radius 1 is 1.18 bits per heavy atom. The van der Waals surface area contributed by atoms with Gasteiger partial charge < -0.3 is 4.90 Å². The SMILES string of the molecule is CCN(CC)CCC(=O)Cc1ccc(I)cc1. The van der Waals surface area contributed by atoms with Crippen LogP contribution < -0.4 is 0 Å². The van der Waals surface area contributed by atoms with Gasteiger partial charge in [0.1, 0.15) is 5.78 Å². The molecule has 17 heavy (non-hydrogen) atoms. The van der Waals surface area contributed by atoms with Gasteiger partial charge in [-0.25, -0.2) is 0 Å². The number of hydrogen-bond acceptors (Lipinski definition) is 2. The van der Waals surface area contributed by atoms with Crippen LogP contribution in [0.25, 0.3) is 0 Å². The van der Waals surface area contributed by atoms with Gasteiger partial charge in [-0.05, 0) is 53.4 Å². The molecule has 0 heterocycles. The monoisotopic (exact) mass is 345 g/mol. The van der Waals surface area contributed by atoms with E-state index < -0.39 is 0 Å². The summed E-state index contributed by atoms with van der Waals surface area (Å²) in [5.41, 5.74) is 1.12. The maximum absolute atomic E-state index is 11.8. The second kappa shape index (κ2) is 7.82.